The van der Waals surface area contributed by atoms with E-state index in [1.165, 1.54) is 11.8 Å². The highest BCUT2D eigenvalue weighted by molar-refractivity contribution is 8.15. The van der Waals surface area contributed by atoms with Crippen LogP contribution < -0.4 is 10.1 Å². The van der Waals surface area contributed by atoms with Crippen LogP contribution >= 0.6 is 11.8 Å². The number of thioether (sulfide) groups is 1. The van der Waals surface area contributed by atoms with Crippen molar-refractivity contribution in [2.45, 2.75) is 18.6 Å². The molecule has 1 N–H and O–H groups in total. The number of methoxy groups -OCH3 is 1. The molecule has 6 nitrogen and oxygen atoms in total. The first-order chi connectivity index (χ1) is 14.0. The van der Waals surface area contributed by atoms with Gasteiger partial charge in [0.2, 0.25) is 11.8 Å². The van der Waals surface area contributed by atoms with Crippen LogP contribution in [0.1, 0.15) is 12.0 Å². The number of ether oxygens (including phenoxy) is 1. The predicted octanol–water partition coefficient (Wildman–Crippen LogP) is 4.15. The molecule has 1 atom stereocenters. The van der Waals surface area contributed by atoms with E-state index in [4.69, 9.17) is 4.74 Å². The molecule has 0 aromatic heterocycles. The Morgan fingerprint density at radius 3 is 2.86 bits per heavy atom. The average molecular weight is 410 g/mol. The number of amides is 2. The zero-order valence-electron chi connectivity index (χ0n) is 16.4. The third-order valence-corrected chi connectivity index (χ3v) is 5.50. The standard InChI is InChI=1S/C22H23N3O3S/c1-4-11-25-20(26)14-19(21(27)23-16-8-5-7-15(2)12-16)29-22(25)24-17-9-6-10-18(13-17)28-3/h4-10,12-13,19H,1,11,14H2,2-3H3,(H,23,27). The minimum absolute atomic E-state index is 0.104. The molecule has 0 spiro atoms. The average Bonchev–Trinajstić information content (AvgIpc) is 2.70. The fourth-order valence-corrected chi connectivity index (χ4v) is 3.99. The lowest BCUT2D eigenvalue weighted by atomic mass is 10.2. The Hall–Kier alpha value is -3.06. The number of anilines is 1. The summed E-state index contributed by atoms with van der Waals surface area (Å²) in [7, 11) is 1.58. The van der Waals surface area contributed by atoms with Crippen LogP contribution in [-0.4, -0.2) is 40.8 Å². The van der Waals surface area contributed by atoms with Gasteiger partial charge in [-0.05, 0) is 36.8 Å². The van der Waals surface area contributed by atoms with Crippen molar-refractivity contribution in [1.82, 2.24) is 4.90 Å². The summed E-state index contributed by atoms with van der Waals surface area (Å²) in [5, 5.41) is 2.81. The maximum absolute atomic E-state index is 12.8. The molecule has 0 aliphatic carbocycles. The Kier molecular flexibility index (Phi) is 6.72. The number of nitrogens with one attached hydrogen (secondary N) is 1. The number of aliphatic imine (C=N–C) groups is 1. The number of carbonyl (C=O) groups excluding carboxylic acids is 2. The van der Waals surface area contributed by atoms with Gasteiger partial charge in [0.05, 0.1) is 12.8 Å². The summed E-state index contributed by atoms with van der Waals surface area (Å²) < 4.78 is 5.24. The Labute approximate surface area is 174 Å². The van der Waals surface area contributed by atoms with Crippen LogP contribution in [0.3, 0.4) is 0 Å². The third-order valence-electron chi connectivity index (χ3n) is 4.31. The number of amidine groups is 1. The summed E-state index contributed by atoms with van der Waals surface area (Å²) in [6.07, 6.45) is 1.75. The first-order valence-electron chi connectivity index (χ1n) is 9.18. The van der Waals surface area contributed by atoms with Crippen molar-refractivity contribution in [2.24, 2.45) is 4.99 Å². The lowest BCUT2D eigenvalue weighted by molar-refractivity contribution is -0.129. The molecule has 0 radical (unpaired) electrons. The van der Waals surface area contributed by atoms with Crippen LogP contribution in [0.2, 0.25) is 0 Å². The van der Waals surface area contributed by atoms with Gasteiger partial charge in [0.25, 0.3) is 0 Å². The molecule has 1 saturated heterocycles. The zero-order valence-corrected chi connectivity index (χ0v) is 17.2. The number of hydrogen-bond donors (Lipinski definition) is 1. The number of hydrogen-bond acceptors (Lipinski definition) is 5. The van der Waals surface area contributed by atoms with Crippen molar-refractivity contribution in [1.29, 1.82) is 0 Å². The summed E-state index contributed by atoms with van der Waals surface area (Å²) in [6.45, 7) is 6.01. The molecule has 1 unspecified atom stereocenters. The monoisotopic (exact) mass is 409 g/mol. The van der Waals surface area contributed by atoms with E-state index in [2.05, 4.69) is 16.9 Å². The summed E-state index contributed by atoms with van der Waals surface area (Å²) >= 11 is 1.28. The number of nitrogens with zero attached hydrogens (tertiary/aromatic N) is 2. The van der Waals surface area contributed by atoms with Gasteiger partial charge in [0.1, 0.15) is 11.0 Å². The Balaban J connectivity index is 1.84. The van der Waals surface area contributed by atoms with Crippen molar-refractivity contribution >= 4 is 40.1 Å². The van der Waals surface area contributed by atoms with Crippen molar-refractivity contribution in [3.63, 3.8) is 0 Å². The minimum Gasteiger partial charge on any atom is -0.497 e. The lowest BCUT2D eigenvalue weighted by Crippen LogP contribution is -2.45. The van der Waals surface area contributed by atoms with E-state index in [1.807, 2.05) is 49.4 Å². The summed E-state index contributed by atoms with van der Waals surface area (Å²) in [5.74, 6) is 0.295. The second kappa shape index (κ2) is 9.43. The lowest BCUT2D eigenvalue weighted by Gasteiger charge is -2.31. The van der Waals surface area contributed by atoms with Crippen LogP contribution in [0.15, 0.2) is 66.2 Å². The van der Waals surface area contributed by atoms with Crippen molar-refractivity contribution < 1.29 is 14.3 Å². The molecular weight excluding hydrogens is 386 g/mol. The summed E-state index contributed by atoms with van der Waals surface area (Å²) in [5.41, 5.74) is 2.41. The molecule has 7 heteroatoms. The molecule has 0 bridgehead atoms. The van der Waals surface area contributed by atoms with E-state index in [0.29, 0.717) is 28.8 Å². The van der Waals surface area contributed by atoms with E-state index in [1.54, 1.807) is 24.2 Å². The van der Waals surface area contributed by atoms with Crippen LogP contribution in [0, 0.1) is 6.92 Å². The molecule has 3 rings (SSSR count). The van der Waals surface area contributed by atoms with E-state index >= 15 is 0 Å². The molecule has 2 aromatic rings. The highest BCUT2D eigenvalue weighted by Gasteiger charge is 2.35. The molecule has 1 heterocycles. The fraction of sp³-hybridized carbons (Fsp3) is 0.227. The van der Waals surface area contributed by atoms with E-state index in [-0.39, 0.29) is 18.2 Å². The number of benzene rings is 2. The maximum atomic E-state index is 12.8. The molecule has 29 heavy (non-hydrogen) atoms. The van der Waals surface area contributed by atoms with E-state index in [0.717, 1.165) is 5.56 Å². The molecular formula is C22H23N3O3S. The van der Waals surface area contributed by atoms with Gasteiger partial charge in [0, 0.05) is 24.7 Å². The molecule has 0 saturated carbocycles. The Morgan fingerprint density at radius 2 is 2.14 bits per heavy atom. The van der Waals surface area contributed by atoms with E-state index < -0.39 is 5.25 Å². The van der Waals surface area contributed by atoms with Crippen LogP contribution in [0.4, 0.5) is 11.4 Å². The first-order valence-corrected chi connectivity index (χ1v) is 10.1. The minimum atomic E-state index is -0.562. The third kappa shape index (κ3) is 5.26. The zero-order chi connectivity index (χ0) is 20.8. The fourth-order valence-electron chi connectivity index (χ4n) is 2.89. The molecule has 1 fully saturated rings. The molecule has 150 valence electrons. The van der Waals surface area contributed by atoms with Gasteiger partial charge in [0.15, 0.2) is 5.17 Å². The second-order valence-corrected chi connectivity index (χ2v) is 7.73. The van der Waals surface area contributed by atoms with Crippen LogP contribution in [0.5, 0.6) is 5.75 Å². The van der Waals surface area contributed by atoms with E-state index in [9.17, 15) is 9.59 Å². The van der Waals surface area contributed by atoms with Gasteiger partial charge in [-0.25, -0.2) is 4.99 Å². The quantitative estimate of drug-likeness (QED) is 0.728. The number of aryl methyl sites for hydroxylation is 1. The summed E-state index contributed by atoms with van der Waals surface area (Å²) in [6, 6.07) is 14.8. The second-order valence-electron chi connectivity index (χ2n) is 6.56. The highest BCUT2D eigenvalue weighted by atomic mass is 32.2. The van der Waals surface area contributed by atoms with Crippen molar-refractivity contribution in [3.8, 4) is 5.75 Å². The SMILES string of the molecule is C=CCN1C(=O)CC(C(=O)Nc2cccc(C)c2)SC1=Nc1cccc(OC)c1. The normalized spacial score (nSPS) is 17.9. The molecule has 2 aromatic carbocycles. The highest BCUT2D eigenvalue weighted by Crippen LogP contribution is 2.30. The van der Waals surface area contributed by atoms with Crippen molar-refractivity contribution in [2.75, 3.05) is 19.0 Å². The van der Waals surface area contributed by atoms with Gasteiger partial charge in [-0.3, -0.25) is 14.5 Å². The van der Waals surface area contributed by atoms with Gasteiger partial charge in [-0.1, -0.05) is 36.0 Å². The molecule has 1 aliphatic rings. The Bertz CT molecular complexity index is 958. The van der Waals surface area contributed by atoms with Crippen LogP contribution in [0.25, 0.3) is 0 Å². The van der Waals surface area contributed by atoms with Crippen molar-refractivity contribution in [3.05, 3.63) is 66.7 Å². The van der Waals surface area contributed by atoms with Crippen LogP contribution in [-0.2, 0) is 9.59 Å². The Morgan fingerprint density at radius 1 is 1.34 bits per heavy atom. The molecule has 2 amide bonds. The smallest absolute Gasteiger partial charge is 0.238 e. The largest absolute Gasteiger partial charge is 0.497 e. The van der Waals surface area contributed by atoms with Gasteiger partial charge >= 0.3 is 0 Å². The number of rotatable bonds is 6. The maximum Gasteiger partial charge on any atom is 0.238 e. The van der Waals surface area contributed by atoms with Gasteiger partial charge in [-0.2, -0.15) is 0 Å². The van der Waals surface area contributed by atoms with Gasteiger partial charge < -0.3 is 10.1 Å². The summed E-state index contributed by atoms with van der Waals surface area (Å²) in [4.78, 5) is 31.7. The number of carbonyl (C=O) groups is 2. The topological polar surface area (TPSA) is 71.0 Å². The first kappa shape index (κ1) is 20.7. The van der Waals surface area contributed by atoms with Gasteiger partial charge in [-0.15, -0.1) is 6.58 Å². The predicted molar refractivity (Wildman–Crippen MR) is 118 cm³/mol. The molecule has 1 aliphatic heterocycles.